The molecule has 0 saturated carbocycles. The van der Waals surface area contributed by atoms with E-state index in [0.717, 1.165) is 16.8 Å². The van der Waals surface area contributed by atoms with Gasteiger partial charge in [0.05, 0.1) is 25.1 Å². The van der Waals surface area contributed by atoms with Crippen molar-refractivity contribution in [3.8, 4) is 5.75 Å². The Morgan fingerprint density at radius 1 is 1.23 bits per heavy atom. The first kappa shape index (κ1) is 17.7. The minimum Gasteiger partial charge on any atom is -0.497 e. The Bertz CT molecular complexity index is 875. The molecule has 6 heteroatoms. The summed E-state index contributed by atoms with van der Waals surface area (Å²) in [5.41, 5.74) is 3.46. The van der Waals surface area contributed by atoms with E-state index in [4.69, 9.17) is 9.84 Å². The van der Waals surface area contributed by atoms with Gasteiger partial charge in [-0.1, -0.05) is 30.3 Å². The van der Waals surface area contributed by atoms with Crippen LogP contribution in [0.2, 0.25) is 0 Å². The van der Waals surface area contributed by atoms with E-state index in [1.54, 1.807) is 23.8 Å². The minimum absolute atomic E-state index is 0.0937. The fraction of sp³-hybridized carbons (Fsp3) is 0.250. The topological polar surface area (TPSA) is 78.6 Å². The number of nitrogens with one attached hydrogen (secondary N) is 1. The summed E-state index contributed by atoms with van der Waals surface area (Å²) in [5.74, 6) is 0.481. The van der Waals surface area contributed by atoms with Gasteiger partial charge in [0.25, 0.3) is 0 Å². The Kier molecular flexibility index (Phi) is 5.02. The molecule has 1 unspecified atom stereocenters. The lowest BCUT2D eigenvalue weighted by molar-refractivity contribution is -0.430. The van der Waals surface area contributed by atoms with Crippen molar-refractivity contribution in [2.75, 3.05) is 20.2 Å². The monoisotopic (exact) mass is 353 g/mol. The van der Waals surface area contributed by atoms with E-state index in [1.807, 2.05) is 43.3 Å². The fourth-order valence-corrected chi connectivity index (χ4v) is 3.41. The molecular formula is C20H21N2O4+. The standard InChI is InChI=1S/C20H20N2O4/c1-13-18(14-6-4-3-5-7-14)17-12-15(26-2)8-9-16(17)19(23)22(13)11-10-21-20(24)25/h3-9,12,18,21H,10-11H2,1-2H3/p+1. The molecule has 134 valence electrons. The van der Waals surface area contributed by atoms with Crippen LogP contribution in [0.15, 0.2) is 48.5 Å². The van der Waals surface area contributed by atoms with E-state index in [-0.39, 0.29) is 24.9 Å². The highest BCUT2D eigenvalue weighted by Crippen LogP contribution is 2.34. The van der Waals surface area contributed by atoms with E-state index in [9.17, 15) is 9.59 Å². The Hall–Kier alpha value is -3.15. The molecule has 0 saturated heterocycles. The first-order valence-electron chi connectivity index (χ1n) is 8.38. The van der Waals surface area contributed by atoms with E-state index in [1.165, 1.54) is 0 Å². The van der Waals surface area contributed by atoms with Crippen LogP contribution in [0.5, 0.6) is 5.75 Å². The smallest absolute Gasteiger partial charge is 0.419 e. The van der Waals surface area contributed by atoms with Gasteiger partial charge < -0.3 is 15.2 Å². The van der Waals surface area contributed by atoms with Crippen LogP contribution >= 0.6 is 0 Å². The molecule has 1 atom stereocenters. The average molecular weight is 353 g/mol. The first-order chi connectivity index (χ1) is 12.5. The SMILES string of the molecule is COc1ccc2c(c1)C(c1ccccc1)C(C)=[N+](CCNC(=O)O)C2=O. The van der Waals surface area contributed by atoms with Crippen molar-refractivity contribution < 1.29 is 24.0 Å². The number of hydrogen-bond acceptors (Lipinski definition) is 3. The van der Waals surface area contributed by atoms with Crippen LogP contribution in [0, 0.1) is 0 Å². The summed E-state index contributed by atoms with van der Waals surface area (Å²) in [6.45, 7) is 2.37. The molecule has 3 rings (SSSR count). The van der Waals surface area contributed by atoms with Crippen LogP contribution in [0.25, 0.3) is 0 Å². The molecule has 1 heterocycles. The van der Waals surface area contributed by atoms with Crippen molar-refractivity contribution in [1.29, 1.82) is 0 Å². The van der Waals surface area contributed by atoms with E-state index >= 15 is 0 Å². The zero-order valence-electron chi connectivity index (χ0n) is 14.7. The van der Waals surface area contributed by atoms with Gasteiger partial charge in [-0.05, 0) is 29.3 Å². The van der Waals surface area contributed by atoms with Gasteiger partial charge in [0, 0.05) is 6.92 Å². The van der Waals surface area contributed by atoms with Gasteiger partial charge >= 0.3 is 12.0 Å². The lowest BCUT2D eigenvalue weighted by atomic mass is 9.82. The molecule has 0 spiro atoms. The number of carbonyl (C=O) groups excluding carboxylic acids is 1. The molecule has 0 aromatic heterocycles. The number of fused-ring (bicyclic) bond motifs is 1. The second-order valence-electron chi connectivity index (χ2n) is 6.13. The Morgan fingerprint density at radius 2 is 1.96 bits per heavy atom. The molecule has 0 aliphatic carbocycles. The highest BCUT2D eigenvalue weighted by molar-refractivity contribution is 6.03. The largest absolute Gasteiger partial charge is 0.497 e. The molecule has 0 bridgehead atoms. The van der Waals surface area contributed by atoms with Gasteiger partial charge in [0.15, 0.2) is 12.3 Å². The third-order valence-corrected chi connectivity index (χ3v) is 4.63. The maximum atomic E-state index is 13.0. The van der Waals surface area contributed by atoms with Crippen LogP contribution in [0.1, 0.15) is 34.3 Å². The summed E-state index contributed by atoms with van der Waals surface area (Å²) in [5, 5.41) is 11.1. The molecular weight excluding hydrogens is 332 g/mol. The predicted molar refractivity (Wildman–Crippen MR) is 97.4 cm³/mol. The van der Waals surface area contributed by atoms with Gasteiger partial charge in [0.2, 0.25) is 0 Å². The molecule has 0 radical (unpaired) electrons. The van der Waals surface area contributed by atoms with E-state index < -0.39 is 6.09 Å². The van der Waals surface area contributed by atoms with Crippen LogP contribution < -0.4 is 10.1 Å². The number of carboxylic acid groups (broad SMARTS) is 1. The van der Waals surface area contributed by atoms with Crippen molar-refractivity contribution in [3.63, 3.8) is 0 Å². The number of methoxy groups -OCH3 is 1. The second kappa shape index (κ2) is 7.39. The molecule has 2 aromatic rings. The van der Waals surface area contributed by atoms with Crippen molar-refractivity contribution in [1.82, 2.24) is 5.32 Å². The van der Waals surface area contributed by atoms with Crippen molar-refractivity contribution in [2.24, 2.45) is 0 Å². The zero-order valence-corrected chi connectivity index (χ0v) is 14.7. The predicted octanol–water partition coefficient (Wildman–Crippen LogP) is 2.72. The lowest BCUT2D eigenvalue weighted by Crippen LogP contribution is -2.40. The summed E-state index contributed by atoms with van der Waals surface area (Å²) in [6.07, 6.45) is -1.10. The van der Waals surface area contributed by atoms with Crippen LogP contribution in [0.4, 0.5) is 4.79 Å². The van der Waals surface area contributed by atoms with Gasteiger partial charge in [-0.15, -0.1) is 0 Å². The summed E-state index contributed by atoms with van der Waals surface area (Å²) in [6, 6.07) is 15.4. The molecule has 2 N–H and O–H groups in total. The van der Waals surface area contributed by atoms with E-state index in [2.05, 4.69) is 5.32 Å². The zero-order chi connectivity index (χ0) is 18.7. The molecule has 0 fully saturated rings. The van der Waals surface area contributed by atoms with Crippen LogP contribution in [0.3, 0.4) is 0 Å². The summed E-state index contributed by atoms with van der Waals surface area (Å²) in [7, 11) is 1.60. The quantitative estimate of drug-likeness (QED) is 0.810. The highest BCUT2D eigenvalue weighted by atomic mass is 16.5. The van der Waals surface area contributed by atoms with Crippen LogP contribution in [-0.2, 0) is 0 Å². The first-order valence-corrected chi connectivity index (χ1v) is 8.38. The van der Waals surface area contributed by atoms with Crippen molar-refractivity contribution in [2.45, 2.75) is 12.8 Å². The minimum atomic E-state index is -1.10. The Labute approximate surface area is 151 Å². The lowest BCUT2D eigenvalue weighted by Gasteiger charge is -2.24. The van der Waals surface area contributed by atoms with Gasteiger partial charge in [-0.3, -0.25) is 0 Å². The number of rotatable bonds is 5. The molecule has 1 aliphatic heterocycles. The average Bonchev–Trinajstić information content (AvgIpc) is 2.64. The number of hydrogen-bond donors (Lipinski definition) is 2. The maximum Gasteiger partial charge on any atom is 0.419 e. The third kappa shape index (κ3) is 3.31. The Balaban J connectivity index is 2.09. The summed E-state index contributed by atoms with van der Waals surface area (Å²) >= 11 is 0. The van der Waals surface area contributed by atoms with Crippen molar-refractivity contribution >= 4 is 17.7 Å². The highest BCUT2D eigenvalue weighted by Gasteiger charge is 2.39. The number of carbonyl (C=O) groups is 2. The number of amides is 2. The molecule has 26 heavy (non-hydrogen) atoms. The molecule has 6 nitrogen and oxygen atoms in total. The molecule has 2 amide bonds. The maximum absolute atomic E-state index is 13.0. The molecule has 1 aliphatic rings. The van der Waals surface area contributed by atoms with Crippen molar-refractivity contribution in [3.05, 3.63) is 65.2 Å². The van der Waals surface area contributed by atoms with Gasteiger partial charge in [-0.25, -0.2) is 9.59 Å². The van der Waals surface area contributed by atoms with E-state index in [0.29, 0.717) is 11.3 Å². The second-order valence-corrected chi connectivity index (χ2v) is 6.13. The summed E-state index contributed by atoms with van der Waals surface area (Å²) < 4.78 is 7.00. The molecule has 2 aromatic carbocycles. The number of benzene rings is 2. The number of ether oxygens (including phenoxy) is 1. The third-order valence-electron chi connectivity index (χ3n) is 4.63. The Morgan fingerprint density at radius 3 is 2.62 bits per heavy atom. The fourth-order valence-electron chi connectivity index (χ4n) is 3.41. The van der Waals surface area contributed by atoms with Crippen LogP contribution in [-0.4, -0.2) is 47.6 Å². The van der Waals surface area contributed by atoms with Gasteiger partial charge in [-0.2, -0.15) is 4.58 Å². The van der Waals surface area contributed by atoms with Gasteiger partial charge in [0.1, 0.15) is 5.75 Å². The normalized spacial score (nSPS) is 16.2. The summed E-state index contributed by atoms with van der Waals surface area (Å²) in [4.78, 5) is 23.7. The number of nitrogens with zero attached hydrogens (tertiary/aromatic N) is 1.